The molecule has 0 spiro atoms. The Kier molecular flexibility index (Phi) is 9.98. The average molecular weight is 783 g/mol. The number of rotatable bonds is 4. The van der Waals surface area contributed by atoms with Gasteiger partial charge in [-0.25, -0.2) is 29.5 Å². The molecule has 2 atom stereocenters. The lowest BCUT2D eigenvalue weighted by atomic mass is 9.88. The molecule has 6 heterocycles. The predicted octanol–water partition coefficient (Wildman–Crippen LogP) is 5.26. The van der Waals surface area contributed by atoms with Crippen LogP contribution in [0.1, 0.15) is 22.5 Å². The lowest BCUT2D eigenvalue weighted by Crippen LogP contribution is -2.61. The van der Waals surface area contributed by atoms with Crippen molar-refractivity contribution in [2.24, 2.45) is 9.98 Å². The monoisotopic (exact) mass is 782 g/mol. The molecule has 290 valence electrons. The van der Waals surface area contributed by atoms with Crippen LogP contribution in [0.5, 0.6) is 0 Å². The number of anilines is 2. The van der Waals surface area contributed by atoms with E-state index in [4.69, 9.17) is 44.7 Å². The van der Waals surface area contributed by atoms with Crippen LogP contribution in [0.15, 0.2) is 95.2 Å². The molecule has 2 aliphatic heterocycles. The zero-order chi connectivity index (χ0) is 40.5. The third kappa shape index (κ3) is 7.69. The number of aliphatic carboxylic acids is 2. The van der Waals surface area contributed by atoms with Crippen molar-refractivity contribution in [1.29, 1.82) is 0 Å². The first kappa shape index (κ1) is 38.5. The fourth-order valence-corrected chi connectivity index (χ4v) is 5.58. The van der Waals surface area contributed by atoms with Gasteiger partial charge >= 0.3 is 24.3 Å². The van der Waals surface area contributed by atoms with E-state index in [1.54, 1.807) is 12.4 Å². The number of aliphatic imine (C=N–C) groups is 2. The van der Waals surface area contributed by atoms with Crippen molar-refractivity contribution in [1.82, 2.24) is 40.5 Å². The van der Waals surface area contributed by atoms with Gasteiger partial charge in [0.15, 0.2) is 0 Å². The Bertz CT molecular complexity index is 2370. The van der Waals surface area contributed by atoms with Crippen LogP contribution in [0, 0.1) is 13.8 Å². The molecule has 0 aliphatic carbocycles. The maximum absolute atomic E-state index is 10.6. The van der Waals surface area contributed by atoms with E-state index in [1.807, 2.05) is 60.7 Å². The molecule has 16 nitrogen and oxygen atoms in total. The molecular formula is C34H28F6N12O4. The molecular weight excluding hydrogens is 754 g/mol. The van der Waals surface area contributed by atoms with E-state index in [0.29, 0.717) is 35.2 Å². The van der Waals surface area contributed by atoms with E-state index in [9.17, 15) is 26.3 Å². The number of alkyl halides is 6. The topological polar surface area (TPSA) is 231 Å². The van der Waals surface area contributed by atoms with Crippen molar-refractivity contribution in [2.45, 2.75) is 37.5 Å². The molecule has 2 aromatic carbocycles. The Morgan fingerprint density at radius 2 is 1.11 bits per heavy atom. The molecule has 0 radical (unpaired) electrons. The van der Waals surface area contributed by atoms with Crippen molar-refractivity contribution < 1.29 is 46.1 Å². The molecule has 4 aromatic heterocycles. The van der Waals surface area contributed by atoms with Crippen LogP contribution < -0.4 is 21.3 Å². The Morgan fingerprint density at radius 1 is 0.643 bits per heavy atom. The summed E-state index contributed by atoms with van der Waals surface area (Å²) in [5.74, 6) is -3.50. The summed E-state index contributed by atoms with van der Waals surface area (Å²) >= 11 is 0. The summed E-state index contributed by atoms with van der Waals surface area (Å²) in [4.78, 5) is 53.6. The van der Waals surface area contributed by atoms with Gasteiger partial charge in [-0.15, -0.1) is 0 Å². The van der Waals surface area contributed by atoms with E-state index in [2.05, 4.69) is 62.2 Å². The highest BCUT2D eigenvalue weighted by atomic mass is 19.4. The van der Waals surface area contributed by atoms with Gasteiger partial charge in [0, 0.05) is 12.4 Å². The first-order chi connectivity index (χ1) is 26.4. The van der Waals surface area contributed by atoms with Crippen LogP contribution >= 0.6 is 0 Å². The van der Waals surface area contributed by atoms with Gasteiger partial charge in [-0.1, -0.05) is 24.3 Å². The molecule has 22 heteroatoms. The molecule has 2 unspecified atom stereocenters. The zero-order valence-electron chi connectivity index (χ0n) is 28.7. The van der Waals surface area contributed by atoms with Crippen molar-refractivity contribution in [2.75, 3.05) is 10.6 Å². The normalized spacial score (nSPS) is 18.6. The number of nitrogens with zero attached hydrogens (tertiary/aromatic N) is 6. The van der Waals surface area contributed by atoms with Crippen molar-refractivity contribution in [3.8, 4) is 0 Å². The van der Waals surface area contributed by atoms with Gasteiger partial charge in [0.05, 0.1) is 33.5 Å². The van der Waals surface area contributed by atoms with Gasteiger partial charge < -0.3 is 30.8 Å². The smallest absolute Gasteiger partial charge is 0.475 e. The lowest BCUT2D eigenvalue weighted by Gasteiger charge is -2.35. The second-order valence-electron chi connectivity index (χ2n) is 12.0. The van der Waals surface area contributed by atoms with Gasteiger partial charge in [0.25, 0.3) is 0 Å². The number of guanidine groups is 2. The highest BCUT2D eigenvalue weighted by Gasteiger charge is 2.65. The van der Waals surface area contributed by atoms with Crippen molar-refractivity contribution in [3.05, 3.63) is 108 Å². The van der Waals surface area contributed by atoms with Crippen LogP contribution in [-0.2, 0) is 20.9 Å². The van der Waals surface area contributed by atoms with E-state index in [0.717, 1.165) is 22.1 Å². The van der Waals surface area contributed by atoms with Gasteiger partial charge in [-0.2, -0.15) is 26.3 Å². The van der Waals surface area contributed by atoms with Crippen LogP contribution in [0.3, 0.4) is 0 Å². The fraction of sp³-hybridized carbons (Fsp3) is 0.176. The van der Waals surface area contributed by atoms with Crippen molar-refractivity contribution >= 4 is 57.8 Å². The molecule has 2 aliphatic rings. The molecule has 0 fully saturated rings. The standard InChI is InChI=1S/C30H26N12.2C2HF3O2/c1-17-15-21-22(16-18(17)2)36-26(35-21)38-28-41-29(23-11-5-7-13-31-23)30(42-28,24-12-6-8-14-32-24)40-27(39-29)37-25-33-19-9-3-4-10-20(19)34-25;2*3-2(4,5)1(6)7/h3-16H,1-2H3,(H3,33,34,37,39,40)(H3,35,36,38,41,42);2*(H,6,7). The number of halogens is 6. The Morgan fingerprint density at radius 3 is 1.61 bits per heavy atom. The number of aromatic amines is 2. The second kappa shape index (κ2) is 14.5. The Hall–Kier alpha value is -7.26. The highest BCUT2D eigenvalue weighted by molar-refractivity contribution is 6.01. The number of aryl methyl sites for hydroxylation is 2. The number of nitrogens with one attached hydrogen (secondary N) is 6. The minimum absolute atomic E-state index is 0.454. The molecule has 8 rings (SSSR count). The number of pyridine rings is 2. The maximum atomic E-state index is 10.6. The maximum Gasteiger partial charge on any atom is 0.490 e. The molecule has 0 amide bonds. The largest absolute Gasteiger partial charge is 0.490 e. The number of carboxylic acids is 2. The zero-order valence-corrected chi connectivity index (χ0v) is 28.7. The van der Waals surface area contributed by atoms with Crippen LogP contribution in [0.2, 0.25) is 0 Å². The minimum Gasteiger partial charge on any atom is -0.475 e. The number of fused-ring (bicyclic) bond motifs is 3. The predicted molar refractivity (Wildman–Crippen MR) is 189 cm³/mol. The minimum atomic E-state index is -5.08. The first-order valence-electron chi connectivity index (χ1n) is 16.1. The van der Waals surface area contributed by atoms with E-state index in [1.165, 1.54) is 11.1 Å². The summed E-state index contributed by atoms with van der Waals surface area (Å²) in [6.45, 7) is 4.16. The summed E-state index contributed by atoms with van der Waals surface area (Å²) in [5.41, 5.74) is 4.85. The number of aromatic nitrogens is 6. The molecule has 56 heavy (non-hydrogen) atoms. The van der Waals surface area contributed by atoms with E-state index < -0.39 is 35.6 Å². The van der Waals surface area contributed by atoms with Crippen LogP contribution in [0.25, 0.3) is 22.1 Å². The Balaban J connectivity index is 0.000000326. The summed E-state index contributed by atoms with van der Waals surface area (Å²) in [6.07, 6.45) is -6.69. The fourth-order valence-electron chi connectivity index (χ4n) is 5.58. The summed E-state index contributed by atoms with van der Waals surface area (Å²) in [7, 11) is 0. The number of imidazole rings is 2. The van der Waals surface area contributed by atoms with Crippen LogP contribution in [0.4, 0.5) is 38.2 Å². The van der Waals surface area contributed by atoms with Crippen molar-refractivity contribution in [3.63, 3.8) is 0 Å². The molecule has 8 N–H and O–H groups in total. The number of hydrogen-bond acceptors (Lipinski definition) is 12. The van der Waals surface area contributed by atoms with Crippen LogP contribution in [-0.4, -0.2) is 76.3 Å². The molecule has 0 saturated carbocycles. The Labute approximate surface area is 310 Å². The molecule has 6 aromatic rings. The third-order valence-electron chi connectivity index (χ3n) is 8.20. The number of hydrogen-bond donors (Lipinski definition) is 8. The summed E-state index contributed by atoms with van der Waals surface area (Å²) in [5, 5.41) is 28.0. The summed E-state index contributed by atoms with van der Waals surface area (Å²) in [6, 6.07) is 23.4. The SMILES string of the molecule is Cc1cc2nc(NC3=NC4(c5ccccn5)N=C(Nc5nc6ccccc6[nH]5)NC4(c4ccccn4)N3)[nH]c2cc1C.O=C(O)C(F)(F)F.O=C(O)C(F)(F)F. The third-order valence-corrected chi connectivity index (χ3v) is 8.20. The lowest BCUT2D eigenvalue weighted by molar-refractivity contribution is -0.193. The molecule has 0 saturated heterocycles. The van der Waals surface area contributed by atoms with E-state index >= 15 is 0 Å². The second-order valence-corrected chi connectivity index (χ2v) is 12.0. The quantitative estimate of drug-likeness (QED) is 0.107. The summed E-state index contributed by atoms with van der Waals surface area (Å²) < 4.78 is 63.5. The number of H-pyrrole nitrogens is 2. The highest BCUT2D eigenvalue weighted by Crippen LogP contribution is 2.48. The average Bonchev–Trinajstić information content (AvgIpc) is 3.88. The molecule has 0 bridgehead atoms. The van der Waals surface area contributed by atoms with Gasteiger partial charge in [-0.3, -0.25) is 20.6 Å². The number of carbonyl (C=O) groups is 2. The number of benzene rings is 2. The number of para-hydroxylation sites is 2. The number of carboxylic acid groups (broad SMARTS) is 2. The van der Waals surface area contributed by atoms with E-state index in [-0.39, 0.29) is 0 Å². The first-order valence-corrected chi connectivity index (χ1v) is 16.1. The van der Waals surface area contributed by atoms with Gasteiger partial charge in [0.2, 0.25) is 35.1 Å². The van der Waals surface area contributed by atoms with Gasteiger partial charge in [-0.05, 0) is 73.5 Å². The van der Waals surface area contributed by atoms with Gasteiger partial charge in [0.1, 0.15) is 0 Å².